The largest absolute Gasteiger partial charge is 0.313 e. The standard InChI is InChI=1S/C73H78BN3/c1-68(2,3)46-27-33-51(34-28-46)75(52-35-29-47(30-36-52)69(4,5)6)53-43-62-65-63(44-53)77-66-56(64-54-25-21-22-26-57(54)73(16,17)67(64)77)40-50(72(13,14)15)41-59(66)74(65)58-37-31-49(71(10,11)12)42-61(58)76(62)60-38-32-48(70(7,8)9)39-55(60)45-23-19-18-20-24-45/h18-44H,1-17H3. The topological polar surface area (TPSA) is 11.4 Å². The summed E-state index contributed by atoms with van der Waals surface area (Å²) in [7, 11) is 0. The molecule has 1 aromatic heterocycles. The summed E-state index contributed by atoms with van der Waals surface area (Å²) in [6, 6.07) is 64.2. The fourth-order valence-corrected chi connectivity index (χ4v) is 13.0. The van der Waals surface area contributed by atoms with Crippen molar-refractivity contribution in [3.63, 3.8) is 0 Å². The van der Waals surface area contributed by atoms with Crippen LogP contribution in [-0.4, -0.2) is 11.3 Å². The van der Waals surface area contributed by atoms with Crippen LogP contribution >= 0.6 is 0 Å². The first-order valence-corrected chi connectivity index (χ1v) is 28.3. The van der Waals surface area contributed by atoms with Gasteiger partial charge < -0.3 is 14.4 Å². The molecule has 0 spiro atoms. The van der Waals surface area contributed by atoms with E-state index in [-0.39, 0.29) is 39.2 Å². The fraction of sp³-hybridized carbons (Fsp3) is 0.315. The number of fused-ring (bicyclic) bond motifs is 9. The van der Waals surface area contributed by atoms with Crippen LogP contribution in [0.4, 0.5) is 34.1 Å². The molecule has 2 aliphatic heterocycles. The van der Waals surface area contributed by atoms with Gasteiger partial charge in [0.05, 0.1) is 11.4 Å². The molecule has 0 atom stereocenters. The van der Waals surface area contributed by atoms with E-state index in [0.29, 0.717) is 0 Å². The zero-order chi connectivity index (χ0) is 54.7. The maximum absolute atomic E-state index is 2.75. The molecule has 77 heavy (non-hydrogen) atoms. The number of hydrogen-bond acceptors (Lipinski definition) is 2. The van der Waals surface area contributed by atoms with Crippen molar-refractivity contribution in [2.75, 3.05) is 9.80 Å². The Kier molecular flexibility index (Phi) is 11.2. The van der Waals surface area contributed by atoms with Crippen LogP contribution in [0.3, 0.4) is 0 Å². The third-order valence-corrected chi connectivity index (χ3v) is 17.5. The smallest absolute Gasteiger partial charge is 0.252 e. The van der Waals surface area contributed by atoms with Gasteiger partial charge in [0.2, 0.25) is 0 Å². The van der Waals surface area contributed by atoms with E-state index < -0.39 is 0 Å². The zero-order valence-electron chi connectivity index (χ0n) is 49.0. The molecule has 0 radical (unpaired) electrons. The van der Waals surface area contributed by atoms with Crippen LogP contribution in [0.2, 0.25) is 0 Å². The average molecular weight is 1010 g/mol. The Morgan fingerprint density at radius 3 is 1.51 bits per heavy atom. The molecule has 0 bridgehead atoms. The Morgan fingerprint density at radius 1 is 0.403 bits per heavy atom. The number of aromatic nitrogens is 1. The molecule has 0 saturated carbocycles. The van der Waals surface area contributed by atoms with E-state index >= 15 is 0 Å². The van der Waals surface area contributed by atoms with Crippen LogP contribution in [-0.2, 0) is 32.5 Å². The fourth-order valence-electron chi connectivity index (χ4n) is 13.0. The predicted molar refractivity (Wildman–Crippen MR) is 334 cm³/mol. The first-order valence-electron chi connectivity index (χ1n) is 28.3. The van der Waals surface area contributed by atoms with E-state index in [1.165, 1.54) is 111 Å². The molecule has 8 aromatic carbocycles. The van der Waals surface area contributed by atoms with Crippen molar-refractivity contribution in [1.29, 1.82) is 0 Å². The molecular weight excluding hydrogens is 930 g/mol. The minimum Gasteiger partial charge on any atom is -0.313 e. The zero-order valence-corrected chi connectivity index (χ0v) is 49.0. The van der Waals surface area contributed by atoms with Crippen molar-refractivity contribution in [1.82, 2.24) is 4.57 Å². The lowest BCUT2D eigenvalue weighted by molar-refractivity contribution is 0.590. The summed E-state index contributed by atoms with van der Waals surface area (Å²) in [6.07, 6.45) is 0. The summed E-state index contributed by atoms with van der Waals surface area (Å²) in [5.74, 6) is 0. The van der Waals surface area contributed by atoms with Gasteiger partial charge in [0, 0.05) is 61.6 Å². The van der Waals surface area contributed by atoms with Crippen molar-refractivity contribution >= 4 is 68.1 Å². The molecular formula is C73H78BN3. The molecule has 9 aromatic rings. The van der Waals surface area contributed by atoms with Gasteiger partial charge in [-0.05, 0) is 149 Å². The monoisotopic (exact) mass is 1010 g/mol. The second kappa shape index (κ2) is 17.0. The Morgan fingerprint density at radius 2 is 0.922 bits per heavy atom. The van der Waals surface area contributed by atoms with E-state index in [0.717, 1.165) is 17.1 Å². The van der Waals surface area contributed by atoms with Crippen molar-refractivity contribution < 1.29 is 0 Å². The Labute approximate surface area is 461 Å². The highest BCUT2D eigenvalue weighted by Crippen LogP contribution is 2.56. The lowest BCUT2D eigenvalue weighted by Gasteiger charge is -2.43. The Balaban J connectivity index is 1.28. The average Bonchev–Trinajstić information content (AvgIpc) is 4.11. The number of hydrogen-bond donors (Lipinski definition) is 0. The van der Waals surface area contributed by atoms with Crippen molar-refractivity contribution in [2.45, 2.75) is 150 Å². The van der Waals surface area contributed by atoms with E-state index in [1.54, 1.807) is 0 Å². The van der Waals surface area contributed by atoms with E-state index in [4.69, 9.17) is 0 Å². The first-order chi connectivity index (χ1) is 36.1. The molecule has 12 rings (SSSR count). The van der Waals surface area contributed by atoms with Crippen molar-refractivity contribution in [3.8, 4) is 27.9 Å². The maximum Gasteiger partial charge on any atom is 0.252 e. The van der Waals surface area contributed by atoms with Crippen LogP contribution in [0.25, 0.3) is 38.8 Å². The minimum absolute atomic E-state index is 0.00627. The molecule has 1 aliphatic carbocycles. The molecule has 3 heterocycles. The normalized spacial score (nSPS) is 14.6. The summed E-state index contributed by atoms with van der Waals surface area (Å²) in [5.41, 5.74) is 27.7. The van der Waals surface area contributed by atoms with Gasteiger partial charge in [-0.25, -0.2) is 0 Å². The van der Waals surface area contributed by atoms with Crippen LogP contribution < -0.4 is 26.2 Å². The molecule has 3 aliphatic rings. The molecule has 388 valence electrons. The summed E-state index contributed by atoms with van der Waals surface area (Å²) in [5, 5.41) is 1.35. The van der Waals surface area contributed by atoms with E-state index in [2.05, 4.69) is 296 Å². The summed E-state index contributed by atoms with van der Waals surface area (Å²) in [6.45, 7) is 40.0. The van der Waals surface area contributed by atoms with E-state index in [9.17, 15) is 0 Å². The van der Waals surface area contributed by atoms with Gasteiger partial charge in [0.25, 0.3) is 6.71 Å². The summed E-state index contributed by atoms with van der Waals surface area (Å²) in [4.78, 5) is 5.21. The minimum atomic E-state index is -0.289. The highest BCUT2D eigenvalue weighted by atomic mass is 15.2. The molecule has 0 amide bonds. The number of benzene rings is 8. The molecule has 0 fully saturated rings. The quantitative estimate of drug-likeness (QED) is 0.159. The molecule has 0 saturated heterocycles. The lowest BCUT2D eigenvalue weighted by Crippen LogP contribution is -2.61. The van der Waals surface area contributed by atoms with Crippen LogP contribution in [0, 0.1) is 0 Å². The number of anilines is 6. The Hall–Kier alpha value is -7.04. The maximum atomic E-state index is 2.75. The molecule has 3 nitrogen and oxygen atoms in total. The predicted octanol–water partition coefficient (Wildman–Crippen LogP) is 18.2. The first kappa shape index (κ1) is 50.8. The van der Waals surface area contributed by atoms with Crippen molar-refractivity contribution in [2.24, 2.45) is 0 Å². The van der Waals surface area contributed by atoms with Gasteiger partial charge in [-0.15, -0.1) is 0 Å². The lowest BCUT2D eigenvalue weighted by atomic mass is 9.33. The molecule has 4 heteroatoms. The van der Waals surface area contributed by atoms with Gasteiger partial charge in [0.15, 0.2) is 0 Å². The number of rotatable bonds is 5. The van der Waals surface area contributed by atoms with Gasteiger partial charge in [-0.1, -0.05) is 221 Å². The van der Waals surface area contributed by atoms with Crippen LogP contribution in [0.5, 0.6) is 0 Å². The van der Waals surface area contributed by atoms with Gasteiger partial charge in [-0.2, -0.15) is 0 Å². The second-order valence-corrected chi connectivity index (χ2v) is 28.4. The van der Waals surface area contributed by atoms with Gasteiger partial charge >= 0.3 is 0 Å². The highest BCUT2D eigenvalue weighted by molar-refractivity contribution is 7.00. The molecule has 0 N–H and O–H groups in total. The van der Waals surface area contributed by atoms with Crippen molar-refractivity contribution in [3.05, 3.63) is 203 Å². The van der Waals surface area contributed by atoms with Gasteiger partial charge in [-0.3, -0.25) is 0 Å². The summed E-state index contributed by atoms with van der Waals surface area (Å²) >= 11 is 0. The third-order valence-electron chi connectivity index (χ3n) is 17.5. The number of nitrogens with zero attached hydrogens (tertiary/aromatic N) is 3. The van der Waals surface area contributed by atoms with Crippen LogP contribution in [0.15, 0.2) is 164 Å². The third kappa shape index (κ3) is 8.05. The van der Waals surface area contributed by atoms with E-state index in [1.807, 2.05) is 0 Å². The van der Waals surface area contributed by atoms with Gasteiger partial charge in [0.1, 0.15) is 0 Å². The highest BCUT2D eigenvalue weighted by Gasteiger charge is 2.49. The SMILES string of the molecule is CC(C)(C)c1ccc(N(c2ccc(C(C)(C)C)cc2)c2cc3c4c(c2)-n2c5c(c6cc(C(C)(C)C)cc(c62)B4c2ccc(C(C)(C)C)cc2N3c2ccc(C(C)(C)C)cc2-c2ccccc2)-c2ccccc2C5(C)C)cc1. The molecule has 0 unspecified atom stereocenters. The second-order valence-electron chi connectivity index (χ2n) is 28.4. The van der Waals surface area contributed by atoms with Crippen LogP contribution in [0.1, 0.15) is 157 Å². The Bertz CT molecular complexity index is 3780. The summed E-state index contributed by atoms with van der Waals surface area (Å²) < 4.78 is 2.75.